The molecule has 3 rings (SSSR count). The van der Waals surface area contributed by atoms with Crippen LogP contribution in [0.1, 0.15) is 34.3 Å². The molecule has 2 aromatic carbocycles. The molecule has 0 radical (unpaired) electrons. The zero-order valence-corrected chi connectivity index (χ0v) is 15.9. The molecule has 0 atom stereocenters. The number of aryl methyl sites for hydroxylation is 2. The van der Waals surface area contributed by atoms with Gasteiger partial charge in [-0.2, -0.15) is 0 Å². The molecular formula is C21H21N3O4. The van der Waals surface area contributed by atoms with Crippen LogP contribution in [0.15, 0.2) is 53.1 Å². The van der Waals surface area contributed by atoms with Crippen LogP contribution in [0.4, 0.5) is 11.4 Å². The fourth-order valence-corrected chi connectivity index (χ4v) is 2.65. The van der Waals surface area contributed by atoms with Crippen LogP contribution >= 0.6 is 0 Å². The molecule has 0 unspecified atom stereocenters. The van der Waals surface area contributed by atoms with Crippen LogP contribution in [0.25, 0.3) is 0 Å². The van der Waals surface area contributed by atoms with E-state index in [1.807, 2.05) is 13.8 Å². The minimum absolute atomic E-state index is 0.171. The predicted octanol–water partition coefficient (Wildman–Crippen LogP) is 4.08. The van der Waals surface area contributed by atoms with Crippen molar-refractivity contribution in [3.63, 3.8) is 0 Å². The second-order valence-corrected chi connectivity index (χ2v) is 6.33. The molecule has 0 fully saturated rings. The maximum atomic E-state index is 12.4. The molecule has 0 aliphatic rings. The van der Waals surface area contributed by atoms with Crippen molar-refractivity contribution in [2.75, 3.05) is 10.6 Å². The van der Waals surface area contributed by atoms with Crippen LogP contribution in [-0.4, -0.2) is 17.0 Å². The van der Waals surface area contributed by atoms with E-state index < -0.39 is 0 Å². The third kappa shape index (κ3) is 4.76. The van der Waals surface area contributed by atoms with Gasteiger partial charge in [0.2, 0.25) is 5.91 Å². The Bertz CT molecular complexity index is 974. The van der Waals surface area contributed by atoms with Crippen molar-refractivity contribution < 1.29 is 18.8 Å². The van der Waals surface area contributed by atoms with E-state index in [9.17, 15) is 9.59 Å². The molecule has 1 aromatic heterocycles. The zero-order valence-electron chi connectivity index (χ0n) is 15.9. The van der Waals surface area contributed by atoms with Crippen molar-refractivity contribution in [2.24, 2.45) is 0 Å². The summed E-state index contributed by atoms with van der Waals surface area (Å²) in [6.07, 6.45) is 0. The summed E-state index contributed by atoms with van der Waals surface area (Å²) in [5, 5.41) is 9.39. The van der Waals surface area contributed by atoms with Gasteiger partial charge in [-0.15, -0.1) is 0 Å². The maximum absolute atomic E-state index is 12.4. The van der Waals surface area contributed by atoms with Gasteiger partial charge in [-0.05, 0) is 56.3 Å². The summed E-state index contributed by atoms with van der Waals surface area (Å²) in [5.74, 6) is 0.951. The van der Waals surface area contributed by atoms with E-state index in [4.69, 9.17) is 9.26 Å². The molecule has 1 heterocycles. The van der Waals surface area contributed by atoms with E-state index in [0.717, 1.165) is 17.0 Å². The fourth-order valence-electron chi connectivity index (χ4n) is 2.65. The van der Waals surface area contributed by atoms with E-state index >= 15 is 0 Å². The van der Waals surface area contributed by atoms with Crippen LogP contribution in [0, 0.1) is 13.8 Å². The van der Waals surface area contributed by atoms with E-state index in [1.165, 1.54) is 6.92 Å². The van der Waals surface area contributed by atoms with Crippen LogP contribution in [0.5, 0.6) is 5.75 Å². The third-order valence-corrected chi connectivity index (χ3v) is 4.12. The highest BCUT2D eigenvalue weighted by Gasteiger charge is 2.11. The van der Waals surface area contributed by atoms with Crippen molar-refractivity contribution in [1.82, 2.24) is 5.16 Å². The number of amides is 2. The Labute approximate surface area is 162 Å². The number of nitrogens with zero attached hydrogens (tertiary/aromatic N) is 1. The van der Waals surface area contributed by atoms with Gasteiger partial charge in [0, 0.05) is 23.9 Å². The first-order valence-electron chi connectivity index (χ1n) is 8.76. The summed E-state index contributed by atoms with van der Waals surface area (Å²) < 4.78 is 10.9. The summed E-state index contributed by atoms with van der Waals surface area (Å²) in [4.78, 5) is 23.6. The number of benzene rings is 2. The maximum Gasteiger partial charge on any atom is 0.255 e. The van der Waals surface area contributed by atoms with Crippen molar-refractivity contribution >= 4 is 23.2 Å². The van der Waals surface area contributed by atoms with Crippen molar-refractivity contribution in [3.05, 3.63) is 71.1 Å². The van der Waals surface area contributed by atoms with Gasteiger partial charge in [-0.25, -0.2) is 0 Å². The van der Waals surface area contributed by atoms with Gasteiger partial charge in [-0.3, -0.25) is 9.59 Å². The Morgan fingerprint density at radius 3 is 2.32 bits per heavy atom. The van der Waals surface area contributed by atoms with E-state index in [2.05, 4.69) is 15.8 Å². The van der Waals surface area contributed by atoms with Gasteiger partial charge in [0.05, 0.1) is 11.3 Å². The van der Waals surface area contributed by atoms with Gasteiger partial charge in [0.1, 0.15) is 18.1 Å². The number of hydrogen-bond acceptors (Lipinski definition) is 5. The zero-order chi connectivity index (χ0) is 20.1. The first-order chi connectivity index (χ1) is 13.4. The number of rotatable bonds is 6. The summed E-state index contributed by atoms with van der Waals surface area (Å²) in [5.41, 5.74) is 3.42. The number of aromatic nitrogens is 1. The molecule has 2 amide bonds. The molecule has 0 aliphatic heterocycles. The average Bonchev–Trinajstić information content (AvgIpc) is 2.98. The van der Waals surface area contributed by atoms with Crippen molar-refractivity contribution in [3.8, 4) is 5.75 Å². The molecule has 3 aromatic rings. The molecular weight excluding hydrogens is 358 g/mol. The minimum atomic E-state index is -0.253. The Hall–Kier alpha value is -3.61. The van der Waals surface area contributed by atoms with Gasteiger partial charge in [-0.1, -0.05) is 11.2 Å². The molecule has 0 bridgehead atoms. The van der Waals surface area contributed by atoms with E-state index in [0.29, 0.717) is 29.3 Å². The summed E-state index contributed by atoms with van der Waals surface area (Å²) >= 11 is 0. The lowest BCUT2D eigenvalue weighted by molar-refractivity contribution is -0.114. The quantitative estimate of drug-likeness (QED) is 0.673. The number of anilines is 2. The summed E-state index contributed by atoms with van der Waals surface area (Å²) in [7, 11) is 0. The van der Waals surface area contributed by atoms with Crippen molar-refractivity contribution in [1.29, 1.82) is 0 Å². The number of ether oxygens (including phenoxy) is 1. The smallest absolute Gasteiger partial charge is 0.255 e. The van der Waals surface area contributed by atoms with Crippen LogP contribution in [-0.2, 0) is 11.4 Å². The SMILES string of the molecule is CC(=O)Nc1cccc(NC(=O)c2ccc(OCc3c(C)noc3C)cc2)c1. The van der Waals surface area contributed by atoms with Gasteiger partial charge < -0.3 is 19.9 Å². The molecule has 0 saturated heterocycles. The number of carbonyl (C=O) groups is 2. The third-order valence-electron chi connectivity index (χ3n) is 4.12. The molecule has 28 heavy (non-hydrogen) atoms. The monoisotopic (exact) mass is 379 g/mol. The molecule has 144 valence electrons. The second kappa shape index (κ2) is 8.39. The van der Waals surface area contributed by atoms with E-state index in [-0.39, 0.29) is 11.8 Å². The van der Waals surface area contributed by atoms with Crippen LogP contribution in [0.2, 0.25) is 0 Å². The molecule has 7 heteroatoms. The lowest BCUT2D eigenvalue weighted by atomic mass is 10.2. The molecule has 7 nitrogen and oxygen atoms in total. The predicted molar refractivity (Wildman–Crippen MR) is 105 cm³/mol. The Kier molecular flexibility index (Phi) is 5.74. The molecule has 0 saturated carbocycles. The Morgan fingerprint density at radius 1 is 1.04 bits per heavy atom. The number of hydrogen-bond donors (Lipinski definition) is 2. The van der Waals surface area contributed by atoms with Gasteiger partial charge >= 0.3 is 0 Å². The highest BCUT2D eigenvalue weighted by molar-refractivity contribution is 6.04. The fraction of sp³-hybridized carbons (Fsp3) is 0.190. The second-order valence-electron chi connectivity index (χ2n) is 6.33. The minimum Gasteiger partial charge on any atom is -0.489 e. The summed E-state index contributed by atoms with van der Waals surface area (Å²) in [6.45, 7) is 5.49. The standard InChI is InChI=1S/C21H21N3O4/c1-13-20(14(2)28-24-13)12-27-19-9-7-16(8-10-19)21(26)23-18-6-4-5-17(11-18)22-15(3)25/h4-11H,12H2,1-3H3,(H,22,25)(H,23,26). The first kappa shape index (κ1) is 19.2. The Balaban J connectivity index is 1.61. The highest BCUT2D eigenvalue weighted by atomic mass is 16.5. The van der Waals surface area contributed by atoms with Crippen LogP contribution in [0.3, 0.4) is 0 Å². The number of carbonyl (C=O) groups excluding carboxylic acids is 2. The summed E-state index contributed by atoms with van der Waals surface area (Å²) in [6, 6.07) is 13.8. The topological polar surface area (TPSA) is 93.5 Å². The highest BCUT2D eigenvalue weighted by Crippen LogP contribution is 2.19. The average molecular weight is 379 g/mol. The molecule has 2 N–H and O–H groups in total. The lowest BCUT2D eigenvalue weighted by Crippen LogP contribution is -2.12. The van der Waals surface area contributed by atoms with Gasteiger partial charge in [0.25, 0.3) is 5.91 Å². The normalized spacial score (nSPS) is 10.4. The largest absolute Gasteiger partial charge is 0.489 e. The van der Waals surface area contributed by atoms with E-state index in [1.54, 1.807) is 48.5 Å². The van der Waals surface area contributed by atoms with Gasteiger partial charge in [0.15, 0.2) is 0 Å². The van der Waals surface area contributed by atoms with Crippen molar-refractivity contribution in [2.45, 2.75) is 27.4 Å². The number of nitrogens with one attached hydrogen (secondary N) is 2. The lowest BCUT2D eigenvalue weighted by Gasteiger charge is -2.09. The van der Waals surface area contributed by atoms with Crippen LogP contribution < -0.4 is 15.4 Å². The molecule has 0 aliphatic carbocycles. The Morgan fingerprint density at radius 2 is 1.71 bits per heavy atom. The first-order valence-corrected chi connectivity index (χ1v) is 8.76. The molecule has 0 spiro atoms.